The average molecular weight is 275 g/mol. The van der Waals surface area contributed by atoms with Gasteiger partial charge in [0.1, 0.15) is 0 Å². The van der Waals surface area contributed by atoms with Crippen LogP contribution in [0.4, 0.5) is 5.69 Å². The molecule has 0 saturated heterocycles. The second-order valence-electron chi connectivity index (χ2n) is 4.31. The van der Waals surface area contributed by atoms with Crippen LogP contribution in [-0.4, -0.2) is 12.5 Å². The van der Waals surface area contributed by atoms with Gasteiger partial charge < -0.3 is 10.7 Å². The molecule has 0 fully saturated rings. The summed E-state index contributed by atoms with van der Waals surface area (Å²) in [4.78, 5) is 12.0. The minimum atomic E-state index is -0.0451. The van der Waals surface area contributed by atoms with Crippen molar-refractivity contribution >= 4 is 22.9 Å². The molecule has 0 aliphatic carbocycles. The number of hydrazine groups is 1. The third-order valence-electron chi connectivity index (χ3n) is 2.92. The van der Waals surface area contributed by atoms with Crippen LogP contribution in [0.15, 0.2) is 35.0 Å². The highest BCUT2D eigenvalue weighted by Crippen LogP contribution is 2.14. The van der Waals surface area contributed by atoms with Gasteiger partial charge in [0.15, 0.2) is 0 Å². The van der Waals surface area contributed by atoms with E-state index in [4.69, 9.17) is 5.84 Å². The lowest BCUT2D eigenvalue weighted by atomic mass is 10.1. The van der Waals surface area contributed by atoms with Crippen LogP contribution >= 0.6 is 11.3 Å². The molecule has 1 aromatic heterocycles. The lowest BCUT2D eigenvalue weighted by Crippen LogP contribution is -2.26. The van der Waals surface area contributed by atoms with Gasteiger partial charge in [-0.15, -0.1) is 0 Å². The Balaban J connectivity index is 1.92. The van der Waals surface area contributed by atoms with E-state index in [1.54, 1.807) is 23.5 Å². The van der Waals surface area contributed by atoms with Crippen LogP contribution in [-0.2, 0) is 6.42 Å². The van der Waals surface area contributed by atoms with E-state index in [1.165, 1.54) is 5.56 Å². The second kappa shape index (κ2) is 6.36. The van der Waals surface area contributed by atoms with Crippen LogP contribution in [0.25, 0.3) is 0 Å². The van der Waals surface area contributed by atoms with Crippen LogP contribution in [0.2, 0.25) is 0 Å². The number of rotatable bonds is 5. The van der Waals surface area contributed by atoms with Crippen molar-refractivity contribution in [3.63, 3.8) is 0 Å². The maximum Gasteiger partial charge on any atom is 0.251 e. The zero-order valence-corrected chi connectivity index (χ0v) is 11.6. The van der Waals surface area contributed by atoms with Crippen molar-refractivity contribution in [1.82, 2.24) is 5.32 Å². The highest BCUT2D eigenvalue weighted by atomic mass is 32.1. The molecule has 1 aromatic carbocycles. The van der Waals surface area contributed by atoms with Crippen molar-refractivity contribution in [2.45, 2.75) is 13.3 Å². The summed E-state index contributed by atoms with van der Waals surface area (Å²) in [5.74, 6) is 5.28. The summed E-state index contributed by atoms with van der Waals surface area (Å²) in [6.07, 6.45) is 0.858. The number of anilines is 1. The predicted molar refractivity (Wildman–Crippen MR) is 79.3 cm³/mol. The molecule has 0 saturated carbocycles. The van der Waals surface area contributed by atoms with Crippen LogP contribution in [0, 0.1) is 6.92 Å². The van der Waals surface area contributed by atoms with Crippen molar-refractivity contribution in [2.75, 3.05) is 12.0 Å². The van der Waals surface area contributed by atoms with E-state index in [-0.39, 0.29) is 5.91 Å². The topological polar surface area (TPSA) is 67.1 Å². The molecule has 4 N–H and O–H groups in total. The van der Waals surface area contributed by atoms with E-state index in [2.05, 4.69) is 22.2 Å². The number of nitrogens with one attached hydrogen (secondary N) is 2. The lowest BCUT2D eigenvalue weighted by Gasteiger charge is -2.09. The third-order valence-corrected chi connectivity index (χ3v) is 3.65. The normalized spacial score (nSPS) is 10.2. The SMILES string of the molecule is Cc1cc(NN)ccc1C(=O)NCCc1ccsc1. The molecular formula is C14H17N3OS. The Morgan fingerprint density at radius 1 is 1.37 bits per heavy atom. The molecule has 1 amide bonds. The fourth-order valence-electron chi connectivity index (χ4n) is 1.86. The van der Waals surface area contributed by atoms with Gasteiger partial charge in [0.25, 0.3) is 5.91 Å². The number of nitrogens with two attached hydrogens (primary N) is 1. The monoisotopic (exact) mass is 275 g/mol. The summed E-state index contributed by atoms with van der Waals surface area (Å²) in [7, 11) is 0. The molecule has 19 heavy (non-hydrogen) atoms. The van der Waals surface area contributed by atoms with Crippen molar-refractivity contribution in [3.8, 4) is 0 Å². The number of carbonyl (C=O) groups is 1. The quantitative estimate of drug-likeness (QED) is 0.579. The number of benzene rings is 1. The fourth-order valence-corrected chi connectivity index (χ4v) is 2.56. The molecule has 100 valence electrons. The van der Waals surface area contributed by atoms with Crippen LogP contribution in [0.3, 0.4) is 0 Å². The van der Waals surface area contributed by atoms with Crippen molar-refractivity contribution < 1.29 is 4.79 Å². The first-order valence-electron chi connectivity index (χ1n) is 6.07. The number of hydrogen-bond acceptors (Lipinski definition) is 4. The minimum Gasteiger partial charge on any atom is -0.352 e. The van der Waals surface area contributed by atoms with Gasteiger partial charge >= 0.3 is 0 Å². The first kappa shape index (κ1) is 13.6. The van der Waals surface area contributed by atoms with Crippen molar-refractivity contribution in [1.29, 1.82) is 0 Å². The smallest absolute Gasteiger partial charge is 0.251 e. The molecule has 2 aromatic rings. The van der Waals surface area contributed by atoms with E-state index in [0.29, 0.717) is 12.1 Å². The fraction of sp³-hybridized carbons (Fsp3) is 0.214. The Labute approximate surface area is 116 Å². The van der Waals surface area contributed by atoms with Crippen LogP contribution in [0.1, 0.15) is 21.5 Å². The van der Waals surface area contributed by atoms with Crippen LogP contribution in [0.5, 0.6) is 0 Å². The van der Waals surface area contributed by atoms with Crippen molar-refractivity contribution in [2.24, 2.45) is 5.84 Å². The number of carbonyl (C=O) groups excluding carboxylic acids is 1. The summed E-state index contributed by atoms with van der Waals surface area (Å²) in [6.45, 7) is 2.54. The standard InChI is InChI=1S/C14H17N3OS/c1-10-8-12(17-15)2-3-13(10)14(18)16-6-4-11-5-7-19-9-11/h2-3,5,7-9,17H,4,6,15H2,1H3,(H,16,18). The van der Waals surface area contributed by atoms with Gasteiger partial charge in [0.2, 0.25) is 0 Å². The molecule has 0 aliphatic heterocycles. The zero-order chi connectivity index (χ0) is 13.7. The van der Waals surface area contributed by atoms with Crippen LogP contribution < -0.4 is 16.6 Å². The summed E-state index contributed by atoms with van der Waals surface area (Å²) < 4.78 is 0. The number of hydrogen-bond donors (Lipinski definition) is 3. The molecule has 4 nitrogen and oxygen atoms in total. The van der Waals surface area contributed by atoms with Gasteiger partial charge in [-0.3, -0.25) is 10.6 Å². The predicted octanol–water partition coefficient (Wildman–Crippen LogP) is 2.31. The molecule has 1 heterocycles. The van der Waals surface area contributed by atoms with E-state index in [0.717, 1.165) is 17.7 Å². The number of nitrogen functional groups attached to an aromatic ring is 1. The lowest BCUT2D eigenvalue weighted by molar-refractivity contribution is 0.0953. The molecule has 0 unspecified atom stereocenters. The molecule has 0 radical (unpaired) electrons. The summed E-state index contributed by atoms with van der Waals surface area (Å²) in [5, 5.41) is 7.07. The van der Waals surface area contributed by atoms with Gasteiger partial charge in [0, 0.05) is 17.8 Å². The molecule has 0 bridgehead atoms. The van der Waals surface area contributed by atoms with E-state index >= 15 is 0 Å². The zero-order valence-electron chi connectivity index (χ0n) is 10.8. The van der Waals surface area contributed by atoms with Gasteiger partial charge in [0.05, 0.1) is 0 Å². The molecular weight excluding hydrogens is 258 g/mol. The van der Waals surface area contributed by atoms with Gasteiger partial charge in [-0.1, -0.05) is 0 Å². The van der Waals surface area contributed by atoms with E-state index in [1.807, 2.05) is 18.4 Å². The Morgan fingerprint density at radius 2 is 2.21 bits per heavy atom. The van der Waals surface area contributed by atoms with Gasteiger partial charge in [-0.05, 0) is 59.5 Å². The Kier molecular flexibility index (Phi) is 4.54. The molecule has 2 rings (SSSR count). The number of thiophene rings is 1. The first-order chi connectivity index (χ1) is 9.20. The first-order valence-corrected chi connectivity index (χ1v) is 7.01. The summed E-state index contributed by atoms with van der Waals surface area (Å²) >= 11 is 1.67. The third kappa shape index (κ3) is 3.56. The van der Waals surface area contributed by atoms with E-state index in [9.17, 15) is 4.79 Å². The number of amides is 1. The Morgan fingerprint density at radius 3 is 2.84 bits per heavy atom. The highest BCUT2D eigenvalue weighted by Gasteiger charge is 2.08. The average Bonchev–Trinajstić information content (AvgIpc) is 2.91. The van der Waals surface area contributed by atoms with E-state index < -0.39 is 0 Å². The summed E-state index contributed by atoms with van der Waals surface area (Å²) in [5.41, 5.74) is 6.21. The molecule has 0 atom stereocenters. The second-order valence-corrected chi connectivity index (χ2v) is 5.09. The maximum absolute atomic E-state index is 12.0. The van der Waals surface area contributed by atoms with Gasteiger partial charge in [-0.25, -0.2) is 0 Å². The Bertz CT molecular complexity index is 552. The molecule has 0 aliphatic rings. The summed E-state index contributed by atoms with van der Waals surface area (Å²) in [6, 6.07) is 7.50. The molecule has 5 heteroatoms. The Hall–Kier alpha value is -1.85. The largest absolute Gasteiger partial charge is 0.352 e. The maximum atomic E-state index is 12.0. The highest BCUT2D eigenvalue weighted by molar-refractivity contribution is 7.07. The van der Waals surface area contributed by atoms with Crippen molar-refractivity contribution in [3.05, 3.63) is 51.7 Å². The number of aryl methyl sites for hydroxylation is 1. The molecule has 0 spiro atoms. The minimum absolute atomic E-state index is 0.0451. The van der Waals surface area contributed by atoms with Gasteiger partial charge in [-0.2, -0.15) is 11.3 Å².